The van der Waals surface area contributed by atoms with Gasteiger partial charge in [-0.15, -0.1) is 0 Å². The molecule has 84 valence electrons. The molecule has 0 radical (unpaired) electrons. The highest BCUT2D eigenvalue weighted by Crippen LogP contribution is 2.16. The largest absolute Gasteiger partial charge is 0.467 e. The topological polar surface area (TPSA) is 56.7 Å². The summed E-state index contributed by atoms with van der Waals surface area (Å²) in [5.41, 5.74) is 0.893. The van der Waals surface area contributed by atoms with E-state index in [4.69, 9.17) is 4.42 Å². The fraction of sp³-hybridized carbons (Fsp3) is 0.0833. The molecule has 0 bridgehead atoms. The maximum absolute atomic E-state index is 5.32. The van der Waals surface area contributed by atoms with Crippen molar-refractivity contribution in [2.45, 2.75) is 6.54 Å². The number of aromatic nitrogens is 4. The molecule has 0 spiro atoms. The highest BCUT2D eigenvalue weighted by Gasteiger charge is 2.07. The summed E-state index contributed by atoms with van der Waals surface area (Å²) >= 11 is 0. The van der Waals surface area contributed by atoms with Crippen molar-refractivity contribution < 1.29 is 4.42 Å². The van der Waals surface area contributed by atoms with Crippen LogP contribution in [0.25, 0.3) is 11.4 Å². The molecule has 0 amide bonds. The summed E-state index contributed by atoms with van der Waals surface area (Å²) in [5.74, 6) is 1.73. The van der Waals surface area contributed by atoms with E-state index in [1.807, 2.05) is 22.9 Å². The van der Waals surface area contributed by atoms with E-state index < -0.39 is 0 Å². The first-order valence-corrected chi connectivity index (χ1v) is 5.22. The van der Waals surface area contributed by atoms with Gasteiger partial charge in [0.1, 0.15) is 17.9 Å². The van der Waals surface area contributed by atoms with E-state index in [-0.39, 0.29) is 0 Å². The van der Waals surface area contributed by atoms with Crippen LogP contribution in [-0.4, -0.2) is 19.5 Å². The second-order valence-corrected chi connectivity index (χ2v) is 3.59. The molecule has 0 aromatic carbocycles. The van der Waals surface area contributed by atoms with Crippen molar-refractivity contribution in [3.8, 4) is 11.4 Å². The van der Waals surface area contributed by atoms with Crippen molar-refractivity contribution in [3.63, 3.8) is 0 Å². The van der Waals surface area contributed by atoms with E-state index >= 15 is 0 Å². The summed E-state index contributed by atoms with van der Waals surface area (Å²) in [6.45, 7) is 0.650. The van der Waals surface area contributed by atoms with E-state index in [1.165, 1.54) is 6.33 Å². The molecular formula is C12H10N4O. The normalized spacial score (nSPS) is 10.6. The molecule has 0 unspecified atom stereocenters. The molecule has 5 heteroatoms. The summed E-state index contributed by atoms with van der Waals surface area (Å²) in [6.07, 6.45) is 10.3. The Kier molecular flexibility index (Phi) is 2.42. The lowest BCUT2D eigenvalue weighted by Crippen LogP contribution is -2.00. The van der Waals surface area contributed by atoms with Crippen LogP contribution in [0.4, 0.5) is 0 Å². The number of hydrogen-bond acceptors (Lipinski definition) is 4. The van der Waals surface area contributed by atoms with Crippen LogP contribution in [-0.2, 0) is 6.54 Å². The molecule has 3 rings (SSSR count). The molecule has 0 saturated heterocycles. The zero-order valence-electron chi connectivity index (χ0n) is 9.02. The lowest BCUT2D eigenvalue weighted by molar-refractivity contribution is 0.494. The van der Waals surface area contributed by atoms with Gasteiger partial charge in [-0.2, -0.15) is 0 Å². The van der Waals surface area contributed by atoms with Gasteiger partial charge in [0.15, 0.2) is 0 Å². The highest BCUT2D eigenvalue weighted by molar-refractivity contribution is 5.52. The summed E-state index contributed by atoms with van der Waals surface area (Å²) in [6, 6.07) is 3.81. The highest BCUT2D eigenvalue weighted by atomic mass is 16.3. The van der Waals surface area contributed by atoms with Crippen LogP contribution in [0.2, 0.25) is 0 Å². The van der Waals surface area contributed by atoms with Crippen molar-refractivity contribution in [1.29, 1.82) is 0 Å². The summed E-state index contributed by atoms with van der Waals surface area (Å²) in [4.78, 5) is 12.3. The molecule has 3 heterocycles. The average Bonchev–Trinajstić information content (AvgIpc) is 3.02. The Morgan fingerprint density at radius 2 is 2.12 bits per heavy atom. The fourth-order valence-corrected chi connectivity index (χ4v) is 1.68. The average molecular weight is 226 g/mol. The van der Waals surface area contributed by atoms with Gasteiger partial charge in [0, 0.05) is 24.8 Å². The Bertz CT molecular complexity index is 586. The first-order valence-electron chi connectivity index (χ1n) is 5.22. The van der Waals surface area contributed by atoms with Gasteiger partial charge in [-0.05, 0) is 12.1 Å². The van der Waals surface area contributed by atoms with E-state index in [2.05, 4.69) is 15.0 Å². The third kappa shape index (κ3) is 1.94. The number of imidazole rings is 1. The van der Waals surface area contributed by atoms with Crippen LogP contribution in [0, 0.1) is 0 Å². The summed E-state index contributed by atoms with van der Waals surface area (Å²) < 4.78 is 7.32. The first kappa shape index (κ1) is 9.77. The van der Waals surface area contributed by atoms with Gasteiger partial charge < -0.3 is 8.98 Å². The van der Waals surface area contributed by atoms with Gasteiger partial charge in [0.25, 0.3) is 0 Å². The molecule has 0 saturated carbocycles. The Labute approximate surface area is 97.8 Å². The van der Waals surface area contributed by atoms with Gasteiger partial charge in [-0.3, -0.25) is 0 Å². The Hall–Kier alpha value is -2.43. The monoisotopic (exact) mass is 226 g/mol. The lowest BCUT2D eigenvalue weighted by Gasteiger charge is -2.04. The number of nitrogens with zero attached hydrogens (tertiary/aromatic N) is 4. The first-order chi connectivity index (χ1) is 8.43. The lowest BCUT2D eigenvalue weighted by atomic mass is 10.3. The van der Waals surface area contributed by atoms with Crippen LogP contribution in [0.1, 0.15) is 5.76 Å². The molecule has 5 nitrogen and oxygen atoms in total. The van der Waals surface area contributed by atoms with Crippen LogP contribution in [0.5, 0.6) is 0 Å². The second kappa shape index (κ2) is 4.21. The minimum Gasteiger partial charge on any atom is -0.467 e. The van der Waals surface area contributed by atoms with E-state index in [0.29, 0.717) is 6.54 Å². The zero-order chi connectivity index (χ0) is 11.5. The molecule has 0 atom stereocenters. The number of hydrogen-bond donors (Lipinski definition) is 0. The van der Waals surface area contributed by atoms with Crippen molar-refractivity contribution in [2.24, 2.45) is 0 Å². The molecule has 3 aromatic heterocycles. The van der Waals surface area contributed by atoms with Crippen molar-refractivity contribution in [1.82, 2.24) is 19.5 Å². The maximum Gasteiger partial charge on any atom is 0.143 e. The smallest absolute Gasteiger partial charge is 0.143 e. The predicted octanol–water partition coefficient (Wildman–Crippen LogP) is 1.98. The van der Waals surface area contributed by atoms with Crippen molar-refractivity contribution in [3.05, 3.63) is 55.3 Å². The molecule has 0 aliphatic heterocycles. The minimum absolute atomic E-state index is 0.650. The Morgan fingerprint density at radius 3 is 2.88 bits per heavy atom. The van der Waals surface area contributed by atoms with Crippen LogP contribution < -0.4 is 0 Å². The molecular weight excluding hydrogens is 216 g/mol. The van der Waals surface area contributed by atoms with Crippen molar-refractivity contribution in [2.75, 3.05) is 0 Å². The second-order valence-electron chi connectivity index (χ2n) is 3.59. The quantitative estimate of drug-likeness (QED) is 0.685. The fourth-order valence-electron chi connectivity index (χ4n) is 1.68. The van der Waals surface area contributed by atoms with Gasteiger partial charge >= 0.3 is 0 Å². The van der Waals surface area contributed by atoms with E-state index in [0.717, 1.165) is 17.1 Å². The molecule has 3 aromatic rings. The Balaban J connectivity index is 1.95. The van der Waals surface area contributed by atoms with Gasteiger partial charge in [-0.1, -0.05) is 0 Å². The number of rotatable bonds is 3. The molecule has 0 N–H and O–H groups in total. The van der Waals surface area contributed by atoms with Gasteiger partial charge in [0.05, 0.1) is 18.4 Å². The van der Waals surface area contributed by atoms with Crippen LogP contribution >= 0.6 is 0 Å². The third-order valence-electron chi connectivity index (χ3n) is 2.44. The van der Waals surface area contributed by atoms with E-state index in [9.17, 15) is 0 Å². The molecule has 17 heavy (non-hydrogen) atoms. The van der Waals surface area contributed by atoms with Crippen molar-refractivity contribution >= 4 is 0 Å². The predicted molar refractivity (Wildman–Crippen MR) is 61.1 cm³/mol. The minimum atomic E-state index is 0.650. The molecule has 0 aliphatic carbocycles. The Morgan fingerprint density at radius 1 is 1.24 bits per heavy atom. The SMILES string of the molecule is c1coc(Cn2ccnc2-c2cncnc2)c1. The van der Waals surface area contributed by atoms with Gasteiger partial charge in [-0.25, -0.2) is 15.0 Å². The molecule has 0 aliphatic rings. The maximum atomic E-state index is 5.32. The summed E-state index contributed by atoms with van der Waals surface area (Å²) in [5, 5.41) is 0. The van der Waals surface area contributed by atoms with Crippen LogP contribution in [0.3, 0.4) is 0 Å². The molecule has 0 fully saturated rings. The van der Waals surface area contributed by atoms with E-state index in [1.54, 1.807) is 24.9 Å². The third-order valence-corrected chi connectivity index (χ3v) is 2.44. The van der Waals surface area contributed by atoms with Gasteiger partial charge in [0.2, 0.25) is 0 Å². The number of furan rings is 1. The zero-order valence-corrected chi connectivity index (χ0v) is 9.02. The standard InChI is InChI=1S/C12H10N4O/c1-2-11(17-5-1)8-16-4-3-15-12(16)10-6-13-9-14-7-10/h1-7,9H,8H2. The van der Waals surface area contributed by atoms with Crippen LogP contribution in [0.15, 0.2) is 53.9 Å². The summed E-state index contributed by atoms with van der Waals surface area (Å²) in [7, 11) is 0.